The molecule has 132 valence electrons. The molecule has 0 spiro atoms. The number of carbonyl (C=O) groups is 3. The summed E-state index contributed by atoms with van der Waals surface area (Å²) in [6.07, 6.45) is 1.65. The molecule has 0 aliphatic carbocycles. The standard InChI is InChI=1S/C19H15BrN2O3S/c1-12-3-2-4-15(9-12)21-17(23)11-22-18(24)16(26-19(22)25)10-13-5-7-14(20)8-6-13/h2-10H,11H2,1H3,(H,21,23)/b16-10+. The predicted molar refractivity (Wildman–Crippen MR) is 107 cm³/mol. The van der Waals surface area contributed by atoms with Crippen molar-refractivity contribution in [2.75, 3.05) is 11.9 Å². The highest BCUT2D eigenvalue weighted by atomic mass is 79.9. The smallest absolute Gasteiger partial charge is 0.294 e. The van der Waals surface area contributed by atoms with Crippen LogP contribution in [0.3, 0.4) is 0 Å². The third-order valence-corrected chi connectivity index (χ3v) is 5.08. The highest BCUT2D eigenvalue weighted by molar-refractivity contribution is 9.10. The quantitative estimate of drug-likeness (QED) is 0.728. The number of nitrogens with one attached hydrogen (secondary N) is 1. The topological polar surface area (TPSA) is 66.5 Å². The van der Waals surface area contributed by atoms with Gasteiger partial charge in [0.1, 0.15) is 6.54 Å². The molecule has 0 aromatic heterocycles. The maximum atomic E-state index is 12.5. The van der Waals surface area contributed by atoms with Crippen molar-refractivity contribution in [2.45, 2.75) is 6.92 Å². The molecule has 26 heavy (non-hydrogen) atoms. The maximum Gasteiger partial charge on any atom is 0.294 e. The Morgan fingerprint density at radius 3 is 2.62 bits per heavy atom. The van der Waals surface area contributed by atoms with Gasteiger partial charge in [0.15, 0.2) is 0 Å². The summed E-state index contributed by atoms with van der Waals surface area (Å²) in [5, 5.41) is 2.26. The number of hydrogen-bond donors (Lipinski definition) is 1. The Kier molecular flexibility index (Phi) is 5.58. The van der Waals surface area contributed by atoms with E-state index in [1.165, 1.54) is 0 Å². The summed E-state index contributed by atoms with van der Waals surface area (Å²) in [6, 6.07) is 14.7. The normalized spacial score (nSPS) is 15.6. The average molecular weight is 431 g/mol. The van der Waals surface area contributed by atoms with E-state index in [1.54, 1.807) is 12.1 Å². The Balaban J connectivity index is 1.69. The molecule has 3 amide bonds. The second kappa shape index (κ2) is 7.88. The number of anilines is 1. The zero-order valence-electron chi connectivity index (χ0n) is 13.9. The number of thioether (sulfide) groups is 1. The number of aryl methyl sites for hydroxylation is 1. The Morgan fingerprint density at radius 2 is 1.92 bits per heavy atom. The van der Waals surface area contributed by atoms with E-state index in [4.69, 9.17) is 0 Å². The summed E-state index contributed by atoms with van der Waals surface area (Å²) >= 11 is 4.19. The number of benzene rings is 2. The largest absolute Gasteiger partial charge is 0.325 e. The maximum absolute atomic E-state index is 12.5. The van der Waals surface area contributed by atoms with Gasteiger partial charge in [0, 0.05) is 10.2 Å². The minimum Gasteiger partial charge on any atom is -0.325 e. The molecular formula is C19H15BrN2O3S. The predicted octanol–water partition coefficient (Wildman–Crippen LogP) is 4.43. The first-order valence-electron chi connectivity index (χ1n) is 7.80. The van der Waals surface area contributed by atoms with Crippen molar-refractivity contribution in [3.8, 4) is 0 Å². The van der Waals surface area contributed by atoms with E-state index in [0.29, 0.717) is 10.6 Å². The third-order valence-electron chi connectivity index (χ3n) is 3.64. The number of hydrogen-bond acceptors (Lipinski definition) is 4. The van der Waals surface area contributed by atoms with Crippen molar-refractivity contribution < 1.29 is 14.4 Å². The van der Waals surface area contributed by atoms with Gasteiger partial charge in [0.2, 0.25) is 5.91 Å². The van der Waals surface area contributed by atoms with Crippen LogP contribution < -0.4 is 5.32 Å². The Labute approximate surface area is 163 Å². The molecule has 5 nitrogen and oxygen atoms in total. The van der Waals surface area contributed by atoms with Crippen LogP contribution in [0.1, 0.15) is 11.1 Å². The highest BCUT2D eigenvalue weighted by Gasteiger charge is 2.36. The van der Waals surface area contributed by atoms with Crippen LogP contribution in [0, 0.1) is 6.92 Å². The molecule has 1 N–H and O–H groups in total. The van der Waals surface area contributed by atoms with Crippen molar-refractivity contribution in [1.82, 2.24) is 4.90 Å². The summed E-state index contributed by atoms with van der Waals surface area (Å²) < 4.78 is 0.926. The molecule has 0 radical (unpaired) electrons. The van der Waals surface area contributed by atoms with Gasteiger partial charge in [-0.15, -0.1) is 0 Å². The minimum absolute atomic E-state index is 0.306. The van der Waals surface area contributed by atoms with Crippen molar-refractivity contribution in [3.05, 3.63) is 69.0 Å². The number of amides is 3. The summed E-state index contributed by atoms with van der Waals surface area (Å²) in [4.78, 5) is 38.0. The van der Waals surface area contributed by atoms with Crippen LogP contribution in [0.2, 0.25) is 0 Å². The van der Waals surface area contributed by atoms with E-state index in [0.717, 1.165) is 32.3 Å². The lowest BCUT2D eigenvalue weighted by atomic mass is 10.2. The Bertz CT molecular complexity index is 909. The number of nitrogens with zero attached hydrogens (tertiary/aromatic N) is 1. The van der Waals surface area contributed by atoms with Gasteiger partial charge < -0.3 is 5.32 Å². The number of halogens is 1. The molecule has 1 heterocycles. The monoisotopic (exact) mass is 430 g/mol. The van der Waals surface area contributed by atoms with E-state index >= 15 is 0 Å². The van der Waals surface area contributed by atoms with Gasteiger partial charge in [-0.05, 0) is 60.2 Å². The van der Waals surface area contributed by atoms with Gasteiger partial charge in [0.25, 0.3) is 11.1 Å². The fraction of sp³-hybridized carbons (Fsp3) is 0.105. The van der Waals surface area contributed by atoms with Gasteiger partial charge in [0.05, 0.1) is 4.91 Å². The summed E-state index contributed by atoms with van der Waals surface area (Å²) in [5.41, 5.74) is 2.45. The summed E-state index contributed by atoms with van der Waals surface area (Å²) in [5.74, 6) is -0.870. The lowest BCUT2D eigenvalue weighted by Crippen LogP contribution is -2.36. The molecule has 1 aliphatic rings. The van der Waals surface area contributed by atoms with Crippen LogP contribution >= 0.6 is 27.7 Å². The molecule has 3 rings (SSSR count). The molecule has 7 heteroatoms. The Morgan fingerprint density at radius 1 is 1.19 bits per heavy atom. The molecular weight excluding hydrogens is 416 g/mol. The third kappa shape index (κ3) is 4.42. The molecule has 0 saturated carbocycles. The number of carbonyl (C=O) groups excluding carboxylic acids is 3. The second-order valence-corrected chi connectivity index (χ2v) is 7.65. The summed E-state index contributed by atoms with van der Waals surface area (Å²) in [6.45, 7) is 1.61. The zero-order chi connectivity index (χ0) is 18.7. The van der Waals surface area contributed by atoms with Gasteiger partial charge >= 0.3 is 0 Å². The molecule has 1 saturated heterocycles. The van der Waals surface area contributed by atoms with Crippen LogP contribution in [-0.2, 0) is 9.59 Å². The van der Waals surface area contributed by atoms with Crippen LogP contribution in [-0.4, -0.2) is 28.5 Å². The first-order valence-corrected chi connectivity index (χ1v) is 9.41. The second-order valence-electron chi connectivity index (χ2n) is 5.74. The number of imide groups is 1. The van der Waals surface area contributed by atoms with E-state index in [-0.39, 0.29) is 6.54 Å². The van der Waals surface area contributed by atoms with Gasteiger partial charge in [-0.2, -0.15) is 0 Å². The molecule has 0 bridgehead atoms. The van der Waals surface area contributed by atoms with Crippen LogP contribution in [0.15, 0.2) is 57.9 Å². The SMILES string of the molecule is Cc1cccc(NC(=O)CN2C(=O)S/C(=C/c3ccc(Br)cc3)C2=O)c1. The van der Waals surface area contributed by atoms with Gasteiger partial charge in [-0.25, -0.2) is 0 Å². The molecule has 1 fully saturated rings. The minimum atomic E-state index is -0.456. The molecule has 0 unspecified atom stereocenters. The fourth-order valence-corrected chi connectivity index (χ4v) is 3.52. The lowest BCUT2D eigenvalue weighted by molar-refractivity contribution is -0.127. The molecule has 2 aromatic carbocycles. The summed E-state index contributed by atoms with van der Waals surface area (Å²) in [7, 11) is 0. The van der Waals surface area contributed by atoms with E-state index in [1.807, 2.05) is 49.4 Å². The molecule has 0 atom stereocenters. The number of rotatable bonds is 4. The average Bonchev–Trinajstić information content (AvgIpc) is 2.84. The van der Waals surface area contributed by atoms with Crippen molar-refractivity contribution in [2.24, 2.45) is 0 Å². The lowest BCUT2D eigenvalue weighted by Gasteiger charge is -2.12. The molecule has 2 aromatic rings. The van der Waals surface area contributed by atoms with Crippen LogP contribution in [0.4, 0.5) is 10.5 Å². The first kappa shape index (κ1) is 18.4. The molecule has 1 aliphatic heterocycles. The van der Waals surface area contributed by atoms with Crippen LogP contribution in [0.25, 0.3) is 6.08 Å². The fourth-order valence-electron chi connectivity index (χ4n) is 2.41. The van der Waals surface area contributed by atoms with E-state index in [9.17, 15) is 14.4 Å². The first-order chi connectivity index (χ1) is 12.4. The van der Waals surface area contributed by atoms with Crippen molar-refractivity contribution >= 4 is 56.5 Å². The Hall–Kier alpha value is -2.38. The van der Waals surface area contributed by atoms with Crippen molar-refractivity contribution in [1.29, 1.82) is 0 Å². The highest BCUT2D eigenvalue weighted by Crippen LogP contribution is 2.32. The van der Waals surface area contributed by atoms with Crippen LogP contribution in [0.5, 0.6) is 0 Å². The van der Waals surface area contributed by atoms with E-state index < -0.39 is 17.1 Å². The van der Waals surface area contributed by atoms with E-state index in [2.05, 4.69) is 21.2 Å². The van der Waals surface area contributed by atoms with Crippen molar-refractivity contribution in [3.63, 3.8) is 0 Å². The van der Waals surface area contributed by atoms with Gasteiger partial charge in [-0.1, -0.05) is 40.2 Å². The zero-order valence-corrected chi connectivity index (χ0v) is 16.3. The van der Waals surface area contributed by atoms with Gasteiger partial charge in [-0.3, -0.25) is 19.3 Å².